The van der Waals surface area contributed by atoms with Crippen molar-refractivity contribution in [3.63, 3.8) is 0 Å². The van der Waals surface area contributed by atoms with Crippen LogP contribution in [0.25, 0.3) is 11.0 Å². The number of carboxylic acid groups (broad SMARTS) is 1. The van der Waals surface area contributed by atoms with Crippen LogP contribution in [0.5, 0.6) is 0 Å². The summed E-state index contributed by atoms with van der Waals surface area (Å²) in [5.74, 6) is -8.61. The Balaban J connectivity index is 2.09. The quantitative estimate of drug-likeness (QED) is 0.551. The normalized spacial score (nSPS) is 12.2. The number of amides is 1. The molecule has 0 aliphatic carbocycles. The number of pyridine rings is 1. The van der Waals surface area contributed by atoms with E-state index in [0.29, 0.717) is 11.0 Å². The van der Waals surface area contributed by atoms with Gasteiger partial charge in [0.25, 0.3) is 5.91 Å². The Morgan fingerprint density at radius 1 is 1.19 bits per heavy atom. The van der Waals surface area contributed by atoms with Crippen molar-refractivity contribution in [3.05, 3.63) is 52.6 Å². The lowest BCUT2D eigenvalue weighted by atomic mass is 10.2. The Labute approximate surface area is 175 Å². The molecule has 0 spiro atoms. The highest BCUT2D eigenvalue weighted by Crippen LogP contribution is 2.32. The van der Waals surface area contributed by atoms with Crippen LogP contribution in [0.4, 0.5) is 27.6 Å². The first-order valence-electron chi connectivity index (χ1n) is 8.41. The number of H-pyrrole nitrogens is 1. The van der Waals surface area contributed by atoms with Crippen molar-refractivity contribution in [2.45, 2.75) is 19.0 Å². The van der Waals surface area contributed by atoms with Gasteiger partial charge in [-0.2, -0.15) is 22.0 Å². The van der Waals surface area contributed by atoms with Gasteiger partial charge >= 0.3 is 18.1 Å². The molecule has 164 valence electrons. The van der Waals surface area contributed by atoms with Crippen LogP contribution in [0.1, 0.15) is 21.7 Å². The lowest BCUT2D eigenvalue weighted by Gasteiger charge is -2.26. The SMILES string of the molecule is Cc1c(Cl)cncc1N(CC(F)(F)C(=O)O)C(=O)c1nc2cc(C(F)(F)F)ccc2[nH]1. The van der Waals surface area contributed by atoms with Crippen LogP contribution in [0, 0.1) is 6.92 Å². The van der Waals surface area contributed by atoms with Crippen LogP contribution >= 0.6 is 11.6 Å². The molecular weight excluding hydrogens is 451 g/mol. The van der Waals surface area contributed by atoms with Crippen molar-refractivity contribution < 1.29 is 36.6 Å². The van der Waals surface area contributed by atoms with E-state index in [-0.39, 0.29) is 27.3 Å². The second kappa shape index (κ2) is 7.76. The Hall–Kier alpha value is -3.28. The summed E-state index contributed by atoms with van der Waals surface area (Å²) < 4.78 is 66.7. The monoisotopic (exact) mass is 462 g/mol. The third-order valence-electron chi connectivity index (χ3n) is 4.35. The smallest absolute Gasteiger partial charge is 0.416 e. The molecule has 3 aromatic rings. The number of carboxylic acids is 1. The highest BCUT2D eigenvalue weighted by Gasteiger charge is 2.43. The van der Waals surface area contributed by atoms with E-state index < -0.39 is 41.9 Å². The first-order chi connectivity index (χ1) is 14.3. The predicted molar refractivity (Wildman–Crippen MR) is 99.3 cm³/mol. The Morgan fingerprint density at radius 2 is 1.87 bits per heavy atom. The zero-order chi connectivity index (χ0) is 23.1. The molecule has 2 heterocycles. The third kappa shape index (κ3) is 4.43. The molecule has 0 fully saturated rings. The molecule has 0 saturated carbocycles. The summed E-state index contributed by atoms with van der Waals surface area (Å²) in [7, 11) is 0. The average Bonchev–Trinajstić information content (AvgIpc) is 3.10. The summed E-state index contributed by atoms with van der Waals surface area (Å²) in [6.07, 6.45) is -2.43. The maximum absolute atomic E-state index is 14.0. The molecular formula is C18H12ClF5N4O3. The second-order valence-corrected chi connectivity index (χ2v) is 6.89. The van der Waals surface area contributed by atoms with Crippen molar-refractivity contribution in [2.75, 3.05) is 11.4 Å². The van der Waals surface area contributed by atoms with E-state index in [1.165, 1.54) is 13.1 Å². The molecule has 31 heavy (non-hydrogen) atoms. The van der Waals surface area contributed by atoms with Gasteiger partial charge in [0.2, 0.25) is 0 Å². The molecule has 0 unspecified atom stereocenters. The summed E-state index contributed by atoms with van der Waals surface area (Å²) in [4.78, 5) is 34.2. The maximum atomic E-state index is 14.0. The number of rotatable bonds is 5. The van der Waals surface area contributed by atoms with Crippen LogP contribution in [-0.4, -0.2) is 44.4 Å². The van der Waals surface area contributed by atoms with Crippen LogP contribution in [-0.2, 0) is 11.0 Å². The molecule has 0 aliphatic rings. The summed E-state index contributed by atoms with van der Waals surface area (Å²) in [6, 6.07) is 2.48. The van der Waals surface area contributed by atoms with Crippen molar-refractivity contribution in [3.8, 4) is 0 Å². The fourth-order valence-electron chi connectivity index (χ4n) is 2.71. The number of nitrogens with one attached hydrogen (secondary N) is 1. The number of aromatic amines is 1. The van der Waals surface area contributed by atoms with Gasteiger partial charge in [0, 0.05) is 6.20 Å². The van der Waals surface area contributed by atoms with E-state index in [2.05, 4.69) is 15.0 Å². The van der Waals surface area contributed by atoms with Gasteiger partial charge in [-0.1, -0.05) is 11.6 Å². The number of carbonyl (C=O) groups excluding carboxylic acids is 1. The van der Waals surface area contributed by atoms with E-state index in [1.54, 1.807) is 0 Å². The predicted octanol–water partition coefficient (Wildman–Crippen LogP) is 4.31. The van der Waals surface area contributed by atoms with Crippen LogP contribution in [0.2, 0.25) is 5.02 Å². The summed E-state index contributed by atoms with van der Waals surface area (Å²) in [6.45, 7) is -0.193. The van der Waals surface area contributed by atoms with Gasteiger partial charge < -0.3 is 10.1 Å². The Morgan fingerprint density at radius 3 is 2.48 bits per heavy atom. The topological polar surface area (TPSA) is 99.2 Å². The molecule has 1 amide bonds. The van der Waals surface area contributed by atoms with Gasteiger partial charge in [-0.25, -0.2) is 9.78 Å². The molecule has 2 N–H and O–H groups in total. The number of hydrogen-bond acceptors (Lipinski definition) is 4. The number of anilines is 1. The number of alkyl halides is 5. The molecule has 0 aliphatic heterocycles. The largest absolute Gasteiger partial charge is 0.477 e. The molecule has 3 rings (SSSR count). The minimum Gasteiger partial charge on any atom is -0.477 e. The highest BCUT2D eigenvalue weighted by atomic mass is 35.5. The van der Waals surface area contributed by atoms with Gasteiger partial charge in [-0.15, -0.1) is 0 Å². The van der Waals surface area contributed by atoms with Crippen LogP contribution in [0.15, 0.2) is 30.6 Å². The number of hydrogen-bond donors (Lipinski definition) is 2. The van der Waals surface area contributed by atoms with Gasteiger partial charge in [0.15, 0.2) is 5.82 Å². The van der Waals surface area contributed by atoms with Gasteiger partial charge in [-0.05, 0) is 30.7 Å². The van der Waals surface area contributed by atoms with E-state index in [1.807, 2.05) is 0 Å². The lowest BCUT2D eigenvalue weighted by molar-refractivity contribution is -0.163. The Kier molecular flexibility index (Phi) is 5.61. The number of carbonyl (C=O) groups is 2. The molecule has 2 aromatic heterocycles. The molecule has 13 heteroatoms. The van der Waals surface area contributed by atoms with E-state index in [9.17, 15) is 31.5 Å². The third-order valence-corrected chi connectivity index (χ3v) is 4.73. The maximum Gasteiger partial charge on any atom is 0.416 e. The van der Waals surface area contributed by atoms with Crippen molar-refractivity contribution in [2.24, 2.45) is 0 Å². The second-order valence-electron chi connectivity index (χ2n) is 6.48. The molecule has 0 radical (unpaired) electrons. The minimum absolute atomic E-state index is 0.0216. The number of aliphatic carboxylic acids is 1. The average molecular weight is 463 g/mol. The van der Waals surface area contributed by atoms with E-state index in [0.717, 1.165) is 18.3 Å². The van der Waals surface area contributed by atoms with Crippen molar-refractivity contribution >= 4 is 40.2 Å². The summed E-state index contributed by atoms with van der Waals surface area (Å²) in [5, 5.41) is 8.80. The van der Waals surface area contributed by atoms with Gasteiger partial charge in [-0.3, -0.25) is 14.7 Å². The minimum atomic E-state index is -4.66. The fourth-order valence-corrected chi connectivity index (χ4v) is 2.86. The number of nitrogens with zero attached hydrogens (tertiary/aromatic N) is 3. The molecule has 0 saturated heterocycles. The highest BCUT2D eigenvalue weighted by molar-refractivity contribution is 6.31. The first-order valence-corrected chi connectivity index (χ1v) is 8.79. The molecule has 0 atom stereocenters. The lowest BCUT2D eigenvalue weighted by Crippen LogP contribution is -2.46. The first kappa shape index (κ1) is 22.4. The number of benzene rings is 1. The van der Waals surface area contributed by atoms with Crippen molar-refractivity contribution in [1.82, 2.24) is 15.0 Å². The van der Waals surface area contributed by atoms with Crippen LogP contribution in [0.3, 0.4) is 0 Å². The number of imidazole rings is 1. The van der Waals surface area contributed by atoms with Crippen molar-refractivity contribution in [1.29, 1.82) is 0 Å². The van der Waals surface area contributed by atoms with E-state index in [4.69, 9.17) is 16.7 Å². The number of halogens is 6. The molecule has 0 bridgehead atoms. The zero-order valence-corrected chi connectivity index (χ0v) is 16.2. The number of aromatic nitrogens is 3. The van der Waals surface area contributed by atoms with Crippen LogP contribution < -0.4 is 4.90 Å². The Bertz CT molecular complexity index is 1180. The standard InChI is InChI=1S/C18H12ClF5N4O3/c1-8-10(19)5-25-6-13(8)28(7-17(20,21)16(30)31)15(29)14-26-11-3-2-9(18(22,23)24)4-12(11)27-14/h2-6H,7H2,1H3,(H,26,27)(H,30,31). The van der Waals surface area contributed by atoms with Gasteiger partial charge in [0.1, 0.15) is 6.54 Å². The molecule has 1 aromatic carbocycles. The number of fused-ring (bicyclic) bond motifs is 1. The summed E-state index contributed by atoms with van der Waals surface area (Å²) >= 11 is 5.93. The fraction of sp³-hybridized carbons (Fsp3) is 0.222. The molecule has 7 nitrogen and oxygen atoms in total. The summed E-state index contributed by atoms with van der Waals surface area (Å²) in [5.41, 5.74) is -1.27. The zero-order valence-electron chi connectivity index (χ0n) is 15.5. The van der Waals surface area contributed by atoms with E-state index >= 15 is 0 Å². The van der Waals surface area contributed by atoms with Gasteiger partial charge in [0.05, 0.1) is 33.5 Å².